The molecule has 0 aromatic heterocycles. The van der Waals surface area contributed by atoms with Gasteiger partial charge in [0.25, 0.3) is 0 Å². The summed E-state index contributed by atoms with van der Waals surface area (Å²) >= 11 is 0. The first-order valence-electron chi connectivity index (χ1n) is 4.82. The van der Waals surface area contributed by atoms with Gasteiger partial charge < -0.3 is 19.4 Å². The number of oxime groups is 1. The first kappa shape index (κ1) is 8.64. The lowest BCUT2D eigenvalue weighted by molar-refractivity contribution is -0.156. The molecule has 0 bridgehead atoms. The van der Waals surface area contributed by atoms with Crippen LogP contribution in [0.3, 0.4) is 0 Å². The molecule has 1 N–H and O–H groups in total. The third-order valence-electron chi connectivity index (χ3n) is 2.98. The van der Waals surface area contributed by atoms with Crippen LogP contribution < -0.4 is 0 Å². The zero-order valence-corrected chi connectivity index (χ0v) is 8.14. The van der Waals surface area contributed by atoms with E-state index in [1.54, 1.807) is 0 Å². The maximum absolute atomic E-state index is 9.89. The molecular weight excluding hydrogens is 186 g/mol. The predicted molar refractivity (Wildman–Crippen MR) is 46.7 cm³/mol. The van der Waals surface area contributed by atoms with E-state index in [0.29, 0.717) is 12.3 Å². The maximum Gasteiger partial charge on any atom is 0.163 e. The fourth-order valence-electron chi connectivity index (χ4n) is 2.42. The number of rotatable bonds is 0. The largest absolute Gasteiger partial charge is 0.395 e. The Kier molecular flexibility index (Phi) is 1.53. The Morgan fingerprint density at radius 2 is 2.07 bits per heavy atom. The van der Waals surface area contributed by atoms with Gasteiger partial charge in [0, 0.05) is 0 Å². The highest BCUT2D eigenvalue weighted by Crippen LogP contribution is 2.42. The lowest BCUT2D eigenvalue weighted by Gasteiger charge is -2.20. The lowest BCUT2D eigenvalue weighted by atomic mass is 10.1. The average molecular weight is 199 g/mol. The maximum atomic E-state index is 9.89. The zero-order chi connectivity index (χ0) is 9.92. The highest BCUT2D eigenvalue weighted by atomic mass is 16.8. The number of hydrogen-bond donors (Lipinski definition) is 1. The summed E-state index contributed by atoms with van der Waals surface area (Å²) in [6.45, 7) is 4.20. The monoisotopic (exact) mass is 199 g/mol. The molecule has 1 saturated carbocycles. The summed E-state index contributed by atoms with van der Waals surface area (Å²) in [5.74, 6) is -0.540. The Morgan fingerprint density at radius 1 is 1.36 bits per heavy atom. The van der Waals surface area contributed by atoms with Crippen LogP contribution in [-0.4, -0.2) is 41.5 Å². The van der Waals surface area contributed by atoms with Crippen LogP contribution in [0.4, 0.5) is 0 Å². The van der Waals surface area contributed by atoms with E-state index in [2.05, 4.69) is 5.16 Å². The van der Waals surface area contributed by atoms with Crippen LogP contribution in [0.5, 0.6) is 0 Å². The van der Waals surface area contributed by atoms with Gasteiger partial charge in [0.2, 0.25) is 0 Å². The molecule has 78 valence electrons. The minimum Gasteiger partial charge on any atom is -0.395 e. The fraction of sp³-hybridized carbons (Fsp3) is 0.889. The summed E-state index contributed by atoms with van der Waals surface area (Å²) in [6.07, 6.45) is -1.06. The van der Waals surface area contributed by atoms with E-state index in [4.69, 9.17) is 14.3 Å². The average Bonchev–Trinajstić information content (AvgIpc) is 2.70. The molecule has 3 rings (SSSR count). The second-order valence-electron chi connectivity index (χ2n) is 4.43. The summed E-state index contributed by atoms with van der Waals surface area (Å²) in [6, 6.07) is 0. The van der Waals surface area contributed by atoms with Crippen molar-refractivity contribution in [3.8, 4) is 0 Å². The third-order valence-corrected chi connectivity index (χ3v) is 2.98. The van der Waals surface area contributed by atoms with Gasteiger partial charge in [-0.1, -0.05) is 5.16 Å². The van der Waals surface area contributed by atoms with E-state index >= 15 is 0 Å². The Morgan fingerprint density at radius 3 is 2.86 bits per heavy atom. The molecule has 5 heteroatoms. The van der Waals surface area contributed by atoms with Gasteiger partial charge in [-0.15, -0.1) is 0 Å². The van der Waals surface area contributed by atoms with Gasteiger partial charge in [0.05, 0.1) is 11.6 Å². The van der Waals surface area contributed by atoms with E-state index in [9.17, 15) is 5.11 Å². The zero-order valence-electron chi connectivity index (χ0n) is 8.14. The van der Waals surface area contributed by atoms with E-state index < -0.39 is 11.9 Å². The number of aliphatic hydroxyl groups is 1. The van der Waals surface area contributed by atoms with Crippen molar-refractivity contribution in [1.82, 2.24) is 0 Å². The van der Waals surface area contributed by atoms with E-state index in [0.717, 1.165) is 0 Å². The molecule has 0 aromatic carbocycles. The molecule has 2 aliphatic heterocycles. The number of ether oxygens (including phenoxy) is 2. The van der Waals surface area contributed by atoms with Gasteiger partial charge in [0.1, 0.15) is 24.9 Å². The second-order valence-corrected chi connectivity index (χ2v) is 4.43. The van der Waals surface area contributed by atoms with Crippen molar-refractivity contribution in [2.45, 2.75) is 37.9 Å². The van der Waals surface area contributed by atoms with Crippen LogP contribution in [0, 0.1) is 5.92 Å². The molecular formula is C9H13NO4. The molecule has 0 amide bonds. The molecule has 3 aliphatic rings. The first-order chi connectivity index (χ1) is 6.58. The number of hydrogen-bond acceptors (Lipinski definition) is 5. The predicted octanol–water partition coefficient (Wildman–Crippen LogP) is -0.117. The van der Waals surface area contributed by atoms with E-state index in [-0.39, 0.29) is 18.1 Å². The SMILES string of the molecule is CC1(C)O[C@@H]2[C@H](O1)[C@H]1CON=C1[C@H]2O. The van der Waals surface area contributed by atoms with Gasteiger partial charge in [-0.2, -0.15) is 0 Å². The highest BCUT2D eigenvalue weighted by Gasteiger charge is 2.59. The molecule has 14 heavy (non-hydrogen) atoms. The van der Waals surface area contributed by atoms with Gasteiger partial charge in [-0.25, -0.2) is 0 Å². The minimum absolute atomic E-state index is 0.0665. The Hall–Kier alpha value is -0.650. The molecule has 0 unspecified atom stereocenters. The van der Waals surface area contributed by atoms with Crippen LogP contribution >= 0.6 is 0 Å². The minimum atomic E-state index is -0.672. The summed E-state index contributed by atoms with van der Waals surface area (Å²) in [7, 11) is 0. The summed E-state index contributed by atoms with van der Waals surface area (Å²) < 4.78 is 11.3. The number of nitrogens with zero attached hydrogens (tertiary/aromatic N) is 1. The van der Waals surface area contributed by atoms with Crippen molar-refractivity contribution >= 4 is 5.71 Å². The molecule has 1 aliphatic carbocycles. The number of aliphatic hydroxyl groups excluding tert-OH is 1. The summed E-state index contributed by atoms with van der Waals surface area (Å²) in [5.41, 5.74) is 0.676. The summed E-state index contributed by atoms with van der Waals surface area (Å²) in [4.78, 5) is 4.95. The molecule has 2 heterocycles. The Balaban J connectivity index is 1.92. The van der Waals surface area contributed by atoms with Gasteiger partial charge in [-0.3, -0.25) is 0 Å². The van der Waals surface area contributed by atoms with Crippen LogP contribution in [0.15, 0.2) is 5.16 Å². The molecule has 5 nitrogen and oxygen atoms in total. The quantitative estimate of drug-likeness (QED) is 0.591. The molecule has 2 fully saturated rings. The highest BCUT2D eigenvalue weighted by molar-refractivity contribution is 5.95. The molecule has 1 saturated heterocycles. The van der Waals surface area contributed by atoms with Crippen LogP contribution in [0.25, 0.3) is 0 Å². The number of fused-ring (bicyclic) bond motifs is 3. The van der Waals surface area contributed by atoms with Gasteiger partial charge >= 0.3 is 0 Å². The van der Waals surface area contributed by atoms with Crippen molar-refractivity contribution in [2.24, 2.45) is 11.1 Å². The first-order valence-corrected chi connectivity index (χ1v) is 4.82. The lowest BCUT2D eigenvalue weighted by Crippen LogP contribution is -2.32. The second kappa shape index (κ2) is 2.48. The molecule has 0 spiro atoms. The van der Waals surface area contributed by atoms with Crippen LogP contribution in [-0.2, 0) is 14.3 Å². The normalized spacial score (nSPS) is 48.4. The smallest absolute Gasteiger partial charge is 0.163 e. The van der Waals surface area contributed by atoms with Crippen LogP contribution in [0.1, 0.15) is 13.8 Å². The van der Waals surface area contributed by atoms with Crippen molar-refractivity contribution in [3.05, 3.63) is 0 Å². The van der Waals surface area contributed by atoms with E-state index in [1.165, 1.54) is 0 Å². The molecule has 0 radical (unpaired) electrons. The van der Waals surface area contributed by atoms with E-state index in [1.807, 2.05) is 13.8 Å². The fourth-order valence-corrected chi connectivity index (χ4v) is 2.42. The Bertz CT molecular complexity index is 301. The summed E-state index contributed by atoms with van der Waals surface area (Å²) in [5, 5.41) is 13.7. The van der Waals surface area contributed by atoms with Crippen molar-refractivity contribution < 1.29 is 19.4 Å². The van der Waals surface area contributed by atoms with Crippen molar-refractivity contribution in [3.63, 3.8) is 0 Å². The van der Waals surface area contributed by atoms with Crippen LogP contribution in [0.2, 0.25) is 0 Å². The van der Waals surface area contributed by atoms with Crippen molar-refractivity contribution in [2.75, 3.05) is 6.61 Å². The molecule has 0 aromatic rings. The molecule has 4 atom stereocenters. The third kappa shape index (κ3) is 0.973. The van der Waals surface area contributed by atoms with Gasteiger partial charge in [-0.05, 0) is 13.8 Å². The van der Waals surface area contributed by atoms with Gasteiger partial charge in [0.15, 0.2) is 5.79 Å². The Labute approximate surface area is 81.6 Å². The van der Waals surface area contributed by atoms with Crippen molar-refractivity contribution in [1.29, 1.82) is 0 Å². The topological polar surface area (TPSA) is 60.3 Å². The standard InChI is InChI=1S/C9H13NO4/c1-9(2)13-7-4-3-12-10-5(4)6(11)8(7)14-9/h4,6-8,11H,3H2,1-2H3/t4-,6+,7+,8-/m0/s1.